The van der Waals surface area contributed by atoms with Gasteiger partial charge in [0.2, 0.25) is 5.91 Å². The zero-order valence-electron chi connectivity index (χ0n) is 25.9. The molecule has 0 bridgehead atoms. The third kappa shape index (κ3) is 7.63. The molecule has 0 N–H and O–H groups in total. The van der Waals surface area contributed by atoms with Crippen LogP contribution in [0.1, 0.15) is 72.4 Å². The van der Waals surface area contributed by atoms with Crippen molar-refractivity contribution in [2.75, 3.05) is 20.1 Å². The van der Waals surface area contributed by atoms with Crippen LogP contribution in [0.3, 0.4) is 0 Å². The van der Waals surface area contributed by atoms with Crippen molar-refractivity contribution in [3.63, 3.8) is 0 Å². The molecule has 0 radical (unpaired) electrons. The molecule has 2 aromatic carbocycles. The third-order valence-corrected chi connectivity index (χ3v) is 8.17. The predicted octanol–water partition coefficient (Wildman–Crippen LogP) is 4.97. The number of carbonyl (C=O) groups is 2. The summed E-state index contributed by atoms with van der Waals surface area (Å²) in [6.45, 7) is 15.2. The number of piperidine rings is 1. The summed E-state index contributed by atoms with van der Waals surface area (Å²) >= 11 is 0. The molecular formula is C32H45BN2O6. The average molecular weight is 565 g/mol. The van der Waals surface area contributed by atoms with Crippen molar-refractivity contribution in [1.82, 2.24) is 9.80 Å². The monoisotopic (exact) mass is 564 g/mol. The maximum Gasteiger partial charge on any atom is 0.494 e. The number of rotatable bonds is 7. The van der Waals surface area contributed by atoms with Gasteiger partial charge < -0.3 is 28.6 Å². The van der Waals surface area contributed by atoms with Crippen molar-refractivity contribution >= 4 is 24.6 Å². The molecule has 8 nitrogen and oxygen atoms in total. The highest BCUT2D eigenvalue weighted by atomic mass is 16.7. The van der Waals surface area contributed by atoms with Gasteiger partial charge in [0, 0.05) is 25.7 Å². The second-order valence-electron chi connectivity index (χ2n) is 13.1. The van der Waals surface area contributed by atoms with E-state index in [2.05, 4.69) is 0 Å². The van der Waals surface area contributed by atoms with Gasteiger partial charge in [0.15, 0.2) is 0 Å². The minimum Gasteiger partial charge on any atom is -0.489 e. The first-order valence-corrected chi connectivity index (χ1v) is 14.5. The van der Waals surface area contributed by atoms with Gasteiger partial charge in [-0.1, -0.05) is 42.5 Å². The zero-order valence-corrected chi connectivity index (χ0v) is 25.9. The fourth-order valence-electron chi connectivity index (χ4n) is 4.99. The summed E-state index contributed by atoms with van der Waals surface area (Å²) in [5, 5.41) is 0. The van der Waals surface area contributed by atoms with Gasteiger partial charge >= 0.3 is 13.2 Å². The Bertz CT molecular complexity index is 1210. The van der Waals surface area contributed by atoms with Crippen LogP contribution in [0.5, 0.6) is 5.75 Å². The number of nitrogens with zero attached hydrogens (tertiary/aromatic N) is 2. The van der Waals surface area contributed by atoms with Crippen molar-refractivity contribution in [1.29, 1.82) is 0 Å². The van der Waals surface area contributed by atoms with Gasteiger partial charge in [-0.05, 0) is 78.4 Å². The molecule has 0 aliphatic carbocycles. The Labute approximate surface area is 245 Å². The van der Waals surface area contributed by atoms with Gasteiger partial charge in [-0.25, -0.2) is 4.79 Å². The Balaban J connectivity index is 1.52. The van der Waals surface area contributed by atoms with Crippen LogP contribution in [0.15, 0.2) is 48.5 Å². The molecule has 2 aliphatic rings. The Morgan fingerprint density at radius 2 is 1.71 bits per heavy atom. The lowest BCUT2D eigenvalue weighted by Crippen LogP contribution is -2.51. The molecule has 2 heterocycles. The lowest BCUT2D eigenvalue weighted by Gasteiger charge is -2.38. The van der Waals surface area contributed by atoms with E-state index in [-0.39, 0.29) is 24.5 Å². The number of hydrogen-bond donors (Lipinski definition) is 0. The number of hydrogen-bond acceptors (Lipinski definition) is 6. The van der Waals surface area contributed by atoms with Crippen molar-refractivity contribution < 1.29 is 28.4 Å². The Hall–Kier alpha value is -3.04. The quantitative estimate of drug-likeness (QED) is 0.443. The van der Waals surface area contributed by atoms with Crippen LogP contribution in [-0.2, 0) is 31.9 Å². The van der Waals surface area contributed by atoms with E-state index in [1.165, 1.54) is 0 Å². The first-order valence-electron chi connectivity index (χ1n) is 14.5. The minimum absolute atomic E-state index is 0.0112. The fourth-order valence-corrected chi connectivity index (χ4v) is 4.99. The van der Waals surface area contributed by atoms with Crippen molar-refractivity contribution in [2.24, 2.45) is 0 Å². The highest BCUT2D eigenvalue weighted by Gasteiger charge is 2.51. The highest BCUT2D eigenvalue weighted by molar-refractivity contribution is 6.62. The number of likely N-dealkylation sites (tertiary alicyclic amines) is 1. The van der Waals surface area contributed by atoms with E-state index in [0.717, 1.165) is 29.4 Å². The SMILES string of the molecule is CN(C(=O)OC(C)(C)C)[C@H]1CCCN(C(=O)Cc2cc(B3OC(C)(C)C(C)(C)O3)ccc2OCc2ccccc2)C1. The van der Waals surface area contributed by atoms with Gasteiger partial charge in [-0.2, -0.15) is 0 Å². The van der Waals surface area contributed by atoms with E-state index < -0.39 is 23.9 Å². The fraction of sp³-hybridized carbons (Fsp3) is 0.562. The second-order valence-corrected chi connectivity index (χ2v) is 13.1. The lowest BCUT2D eigenvalue weighted by molar-refractivity contribution is -0.132. The molecule has 0 saturated carbocycles. The summed E-state index contributed by atoms with van der Waals surface area (Å²) in [7, 11) is 1.20. The molecule has 1 atom stereocenters. The normalized spacial score (nSPS) is 20.0. The molecule has 222 valence electrons. The summed E-state index contributed by atoms with van der Waals surface area (Å²) in [5.74, 6) is 0.643. The van der Waals surface area contributed by atoms with Crippen molar-refractivity contribution in [3.05, 3.63) is 59.7 Å². The van der Waals surface area contributed by atoms with Crippen LogP contribution in [0, 0.1) is 0 Å². The highest BCUT2D eigenvalue weighted by Crippen LogP contribution is 2.37. The molecule has 2 amide bonds. The van der Waals surface area contributed by atoms with Gasteiger partial charge in [0.1, 0.15) is 18.0 Å². The number of likely N-dealkylation sites (N-methyl/N-ethyl adjacent to an activating group) is 1. The van der Waals surface area contributed by atoms with Crippen molar-refractivity contribution in [3.8, 4) is 5.75 Å². The summed E-state index contributed by atoms with van der Waals surface area (Å²) in [5.41, 5.74) is 1.15. The van der Waals surface area contributed by atoms with E-state index in [1.54, 1.807) is 11.9 Å². The first-order chi connectivity index (χ1) is 19.1. The summed E-state index contributed by atoms with van der Waals surface area (Å²) in [6, 6.07) is 15.7. The standard InChI is InChI=1S/C32H45BN2O6/c1-30(2,3)39-29(37)34(8)26-15-12-18-35(21-26)28(36)20-24-19-25(33-40-31(4,5)32(6,7)41-33)16-17-27(24)38-22-23-13-10-9-11-14-23/h9-11,13-14,16-17,19,26H,12,15,18,20-22H2,1-8H3/t26-/m0/s1. The van der Waals surface area contributed by atoms with Crippen LogP contribution in [0.2, 0.25) is 0 Å². The first kappa shape index (κ1) is 30.9. The number of amides is 2. The molecule has 2 saturated heterocycles. The Morgan fingerprint density at radius 3 is 2.34 bits per heavy atom. The van der Waals surface area contributed by atoms with Gasteiger partial charge in [-0.3, -0.25) is 4.79 Å². The average Bonchev–Trinajstić information content (AvgIpc) is 3.13. The molecule has 2 aliphatic heterocycles. The third-order valence-electron chi connectivity index (χ3n) is 8.17. The van der Waals surface area contributed by atoms with E-state index in [4.69, 9.17) is 18.8 Å². The van der Waals surface area contributed by atoms with E-state index in [9.17, 15) is 9.59 Å². The molecule has 0 spiro atoms. The topological polar surface area (TPSA) is 77.5 Å². The van der Waals surface area contributed by atoms with Gasteiger partial charge in [0.05, 0.1) is 23.7 Å². The summed E-state index contributed by atoms with van der Waals surface area (Å²) in [6.07, 6.45) is 1.43. The molecule has 4 rings (SSSR count). The van der Waals surface area contributed by atoms with E-state index >= 15 is 0 Å². The Kier molecular flexibility index (Phi) is 9.09. The Morgan fingerprint density at radius 1 is 1.05 bits per heavy atom. The molecular weight excluding hydrogens is 519 g/mol. The van der Waals surface area contributed by atoms with Gasteiger partial charge in [-0.15, -0.1) is 0 Å². The maximum atomic E-state index is 13.7. The molecule has 41 heavy (non-hydrogen) atoms. The zero-order chi connectivity index (χ0) is 30.0. The van der Waals surface area contributed by atoms with Gasteiger partial charge in [0.25, 0.3) is 0 Å². The van der Waals surface area contributed by atoms with Crippen LogP contribution in [0.25, 0.3) is 0 Å². The summed E-state index contributed by atoms with van der Waals surface area (Å²) in [4.78, 5) is 29.8. The van der Waals surface area contributed by atoms with E-state index in [0.29, 0.717) is 25.4 Å². The minimum atomic E-state index is -0.576. The molecule has 0 unspecified atom stereocenters. The smallest absolute Gasteiger partial charge is 0.489 e. The predicted molar refractivity (Wildman–Crippen MR) is 160 cm³/mol. The molecule has 0 aromatic heterocycles. The molecule has 2 fully saturated rings. The summed E-state index contributed by atoms with van der Waals surface area (Å²) < 4.78 is 24.4. The number of ether oxygens (including phenoxy) is 2. The number of carbonyl (C=O) groups excluding carboxylic acids is 2. The van der Waals surface area contributed by atoms with E-state index in [1.807, 2.05) is 102 Å². The second kappa shape index (κ2) is 12.1. The van der Waals surface area contributed by atoms with Crippen molar-refractivity contribution in [2.45, 2.75) is 97.2 Å². The van der Waals surface area contributed by atoms with Crippen LogP contribution < -0.4 is 10.2 Å². The number of benzene rings is 2. The largest absolute Gasteiger partial charge is 0.494 e. The lowest BCUT2D eigenvalue weighted by atomic mass is 9.78. The van der Waals surface area contributed by atoms with Crippen LogP contribution in [-0.4, -0.2) is 71.9 Å². The molecule has 2 aromatic rings. The van der Waals surface area contributed by atoms with Crippen LogP contribution >= 0.6 is 0 Å². The maximum absolute atomic E-state index is 13.7. The molecule has 9 heteroatoms. The van der Waals surface area contributed by atoms with Crippen LogP contribution in [0.4, 0.5) is 4.79 Å².